The molecule has 0 bridgehead atoms. The second-order valence-corrected chi connectivity index (χ2v) is 5.66. The minimum Gasteiger partial charge on any atom is -0.489 e. The Morgan fingerprint density at radius 1 is 1.33 bits per heavy atom. The number of nitrogens with two attached hydrogens (primary N) is 1. The van der Waals surface area contributed by atoms with E-state index in [9.17, 15) is 13.6 Å². The first-order valence-corrected chi connectivity index (χ1v) is 8.03. The van der Waals surface area contributed by atoms with Gasteiger partial charge in [-0.05, 0) is 11.6 Å². The molecule has 9 heteroatoms. The van der Waals surface area contributed by atoms with Gasteiger partial charge in [0.1, 0.15) is 23.7 Å². The number of para-hydroxylation sites is 1. The molecule has 2 aromatic heterocycles. The van der Waals surface area contributed by atoms with Crippen LogP contribution in [0.1, 0.15) is 17.7 Å². The average Bonchev–Trinajstić information content (AvgIpc) is 3.04. The van der Waals surface area contributed by atoms with E-state index in [4.69, 9.17) is 10.5 Å². The number of alkyl halides is 2. The number of nitrogens with zero attached hydrogens (tertiary/aromatic N) is 3. The number of halogens is 2. The summed E-state index contributed by atoms with van der Waals surface area (Å²) >= 11 is 0. The van der Waals surface area contributed by atoms with Gasteiger partial charge in [0, 0.05) is 24.2 Å². The number of nitrogen functional groups attached to an aromatic ring is 1. The van der Waals surface area contributed by atoms with Gasteiger partial charge in [0.05, 0.1) is 0 Å². The van der Waals surface area contributed by atoms with Gasteiger partial charge >= 0.3 is 6.55 Å². The summed E-state index contributed by atoms with van der Waals surface area (Å²) < 4.78 is 32.5. The largest absolute Gasteiger partial charge is 0.489 e. The standard InChI is InChI=1S/C18H17F2N5O2/c1-2-7-27-14-6-4-3-5-11(14)8-12-10-25(17(19)20)24-16(12)13-9-15(26)23-18(21)22-13/h2-6,9-10,17H,1,7-8H2,(H3,21,22,23,26). The molecule has 0 aliphatic rings. The van der Waals surface area contributed by atoms with Crippen LogP contribution in [-0.2, 0) is 6.42 Å². The second-order valence-electron chi connectivity index (χ2n) is 5.66. The minimum atomic E-state index is -2.83. The van der Waals surface area contributed by atoms with Crippen LogP contribution >= 0.6 is 0 Å². The summed E-state index contributed by atoms with van der Waals surface area (Å²) in [6, 6.07) is 8.39. The number of benzene rings is 1. The maximum atomic E-state index is 13.2. The summed E-state index contributed by atoms with van der Waals surface area (Å²) in [5.41, 5.74) is 6.58. The lowest BCUT2D eigenvalue weighted by molar-refractivity contribution is 0.0567. The fourth-order valence-corrected chi connectivity index (χ4v) is 2.62. The van der Waals surface area contributed by atoms with Crippen molar-refractivity contribution in [2.24, 2.45) is 0 Å². The first-order chi connectivity index (χ1) is 13.0. The van der Waals surface area contributed by atoms with Gasteiger partial charge in [0.25, 0.3) is 5.56 Å². The van der Waals surface area contributed by atoms with E-state index in [1.807, 2.05) is 18.2 Å². The molecule has 27 heavy (non-hydrogen) atoms. The molecular formula is C18H17F2N5O2. The summed E-state index contributed by atoms with van der Waals surface area (Å²) in [7, 11) is 0. The molecule has 3 aromatic rings. The van der Waals surface area contributed by atoms with Gasteiger partial charge in [-0.3, -0.25) is 9.78 Å². The van der Waals surface area contributed by atoms with Gasteiger partial charge in [-0.15, -0.1) is 0 Å². The van der Waals surface area contributed by atoms with E-state index in [2.05, 4.69) is 21.6 Å². The van der Waals surface area contributed by atoms with Crippen LogP contribution in [0.5, 0.6) is 5.75 Å². The van der Waals surface area contributed by atoms with Gasteiger partial charge in [-0.2, -0.15) is 13.9 Å². The Labute approximate surface area is 153 Å². The van der Waals surface area contributed by atoms with Crippen molar-refractivity contribution in [3.63, 3.8) is 0 Å². The highest BCUT2D eigenvalue weighted by Crippen LogP contribution is 2.28. The van der Waals surface area contributed by atoms with Gasteiger partial charge in [0.15, 0.2) is 0 Å². The Balaban J connectivity index is 2.05. The molecule has 7 nitrogen and oxygen atoms in total. The zero-order chi connectivity index (χ0) is 19.4. The summed E-state index contributed by atoms with van der Waals surface area (Å²) in [5, 5.41) is 3.89. The number of hydrogen-bond donors (Lipinski definition) is 2. The molecule has 0 saturated heterocycles. The van der Waals surface area contributed by atoms with Gasteiger partial charge in [0.2, 0.25) is 5.95 Å². The lowest BCUT2D eigenvalue weighted by Gasteiger charge is -2.10. The number of aromatic amines is 1. The van der Waals surface area contributed by atoms with Crippen molar-refractivity contribution in [2.45, 2.75) is 13.0 Å². The van der Waals surface area contributed by atoms with Crippen LogP contribution < -0.4 is 16.0 Å². The van der Waals surface area contributed by atoms with Crippen molar-refractivity contribution in [3.05, 3.63) is 70.7 Å². The zero-order valence-electron chi connectivity index (χ0n) is 14.2. The lowest BCUT2D eigenvalue weighted by Crippen LogP contribution is -2.11. The normalized spacial score (nSPS) is 10.9. The Morgan fingerprint density at radius 3 is 2.81 bits per heavy atom. The van der Waals surface area contributed by atoms with Gasteiger partial charge in [-0.1, -0.05) is 30.9 Å². The average molecular weight is 373 g/mol. The molecular weight excluding hydrogens is 356 g/mol. The van der Waals surface area contributed by atoms with E-state index < -0.39 is 12.1 Å². The number of ether oxygens (including phenoxy) is 1. The molecule has 0 unspecified atom stereocenters. The number of nitrogens with one attached hydrogen (secondary N) is 1. The van der Waals surface area contributed by atoms with Crippen molar-refractivity contribution < 1.29 is 13.5 Å². The molecule has 3 N–H and O–H groups in total. The molecule has 0 saturated carbocycles. The third-order valence-corrected chi connectivity index (χ3v) is 3.72. The van der Waals surface area contributed by atoms with Crippen LogP contribution in [0.2, 0.25) is 0 Å². The Morgan fingerprint density at radius 2 is 2.11 bits per heavy atom. The topological polar surface area (TPSA) is 98.8 Å². The predicted octanol–water partition coefficient (Wildman–Crippen LogP) is 2.77. The predicted molar refractivity (Wildman–Crippen MR) is 96.7 cm³/mol. The van der Waals surface area contributed by atoms with E-state index >= 15 is 0 Å². The summed E-state index contributed by atoms with van der Waals surface area (Å²) in [6.45, 7) is 1.09. The minimum absolute atomic E-state index is 0.121. The second kappa shape index (κ2) is 7.81. The van der Waals surface area contributed by atoms with Crippen molar-refractivity contribution in [3.8, 4) is 17.1 Å². The smallest absolute Gasteiger partial charge is 0.333 e. The van der Waals surface area contributed by atoms with E-state index in [0.717, 1.165) is 11.6 Å². The highest BCUT2D eigenvalue weighted by Gasteiger charge is 2.19. The maximum absolute atomic E-state index is 13.2. The van der Waals surface area contributed by atoms with Gasteiger partial charge < -0.3 is 10.5 Å². The maximum Gasteiger partial charge on any atom is 0.333 e. The van der Waals surface area contributed by atoms with E-state index in [1.165, 1.54) is 6.20 Å². The van der Waals surface area contributed by atoms with E-state index in [-0.39, 0.29) is 23.8 Å². The van der Waals surface area contributed by atoms with Crippen molar-refractivity contribution in [1.29, 1.82) is 0 Å². The Hall–Kier alpha value is -3.49. The molecule has 0 aliphatic carbocycles. The molecule has 3 rings (SSSR count). The molecule has 0 radical (unpaired) electrons. The molecule has 140 valence electrons. The van der Waals surface area contributed by atoms with Crippen LogP contribution in [0.4, 0.5) is 14.7 Å². The lowest BCUT2D eigenvalue weighted by atomic mass is 10.0. The Kier molecular flexibility index (Phi) is 5.30. The Bertz CT molecular complexity index is 1010. The first kappa shape index (κ1) is 18.3. The van der Waals surface area contributed by atoms with E-state index in [0.29, 0.717) is 22.6 Å². The highest BCUT2D eigenvalue weighted by molar-refractivity contribution is 5.60. The van der Waals surface area contributed by atoms with Crippen molar-refractivity contribution in [1.82, 2.24) is 19.7 Å². The third kappa shape index (κ3) is 4.20. The fraction of sp³-hybridized carbons (Fsp3) is 0.167. The summed E-state index contributed by atoms with van der Waals surface area (Å²) in [4.78, 5) is 18.0. The van der Waals surface area contributed by atoms with E-state index in [1.54, 1.807) is 12.1 Å². The van der Waals surface area contributed by atoms with Crippen LogP contribution in [0.15, 0.2) is 54.0 Å². The molecule has 1 aromatic carbocycles. The van der Waals surface area contributed by atoms with Crippen LogP contribution in [0.3, 0.4) is 0 Å². The fourth-order valence-electron chi connectivity index (χ4n) is 2.62. The van der Waals surface area contributed by atoms with Crippen LogP contribution in [-0.4, -0.2) is 26.4 Å². The van der Waals surface area contributed by atoms with Crippen LogP contribution in [0.25, 0.3) is 11.4 Å². The molecule has 0 spiro atoms. The number of H-pyrrole nitrogens is 1. The monoisotopic (exact) mass is 373 g/mol. The van der Waals surface area contributed by atoms with Crippen molar-refractivity contribution in [2.75, 3.05) is 12.3 Å². The molecule has 0 aliphatic heterocycles. The number of hydrogen-bond acceptors (Lipinski definition) is 5. The SMILES string of the molecule is C=CCOc1ccccc1Cc1cn(C(F)F)nc1-c1cc(=O)[nH]c(N)n1. The first-order valence-electron chi connectivity index (χ1n) is 8.03. The summed E-state index contributed by atoms with van der Waals surface area (Å²) in [6.07, 6.45) is 3.09. The molecule has 0 fully saturated rings. The summed E-state index contributed by atoms with van der Waals surface area (Å²) in [5.74, 6) is 0.483. The number of rotatable bonds is 7. The third-order valence-electron chi connectivity index (χ3n) is 3.72. The quantitative estimate of drug-likeness (QED) is 0.621. The van der Waals surface area contributed by atoms with Crippen molar-refractivity contribution >= 4 is 5.95 Å². The molecule has 0 amide bonds. The van der Waals surface area contributed by atoms with Crippen LogP contribution in [0, 0.1) is 0 Å². The number of aromatic nitrogens is 4. The highest BCUT2D eigenvalue weighted by atomic mass is 19.3. The zero-order valence-corrected chi connectivity index (χ0v) is 14.2. The number of anilines is 1. The molecule has 2 heterocycles. The van der Waals surface area contributed by atoms with Gasteiger partial charge in [-0.25, -0.2) is 9.67 Å². The molecule has 0 atom stereocenters.